The Hall–Kier alpha value is -2.48. The number of likely N-dealkylation sites (tertiary alicyclic amines) is 1. The minimum absolute atomic E-state index is 0.114. The van der Waals surface area contributed by atoms with Crippen LogP contribution < -0.4 is 0 Å². The van der Waals surface area contributed by atoms with Gasteiger partial charge < -0.3 is 13.6 Å². The number of ketones is 1. The van der Waals surface area contributed by atoms with Gasteiger partial charge in [-0.1, -0.05) is 0 Å². The Morgan fingerprint density at radius 1 is 1.32 bits per heavy atom. The van der Waals surface area contributed by atoms with E-state index < -0.39 is 5.97 Å². The van der Waals surface area contributed by atoms with E-state index in [0.717, 1.165) is 31.5 Å². The fourth-order valence-corrected chi connectivity index (χ4v) is 2.92. The van der Waals surface area contributed by atoms with Crippen molar-refractivity contribution in [1.29, 1.82) is 0 Å². The minimum Gasteiger partial charge on any atom is -0.472 e. The summed E-state index contributed by atoms with van der Waals surface area (Å²) in [5.74, 6) is 0.686. The largest absolute Gasteiger partial charge is 0.472 e. The zero-order valence-electron chi connectivity index (χ0n) is 14.1. The molecule has 0 aromatic carbocycles. The van der Waals surface area contributed by atoms with E-state index in [-0.39, 0.29) is 24.7 Å². The first-order valence-electron chi connectivity index (χ1n) is 8.41. The van der Waals surface area contributed by atoms with Gasteiger partial charge in [0, 0.05) is 5.92 Å². The molecule has 2 aromatic rings. The molecule has 134 valence electrons. The van der Waals surface area contributed by atoms with Crippen LogP contribution in [-0.2, 0) is 14.3 Å². The molecular formula is C17H21N3O5. The quantitative estimate of drug-likeness (QED) is 0.554. The normalized spacial score (nSPS) is 16.0. The molecule has 3 rings (SSSR count). The molecule has 0 saturated carbocycles. The highest BCUT2D eigenvalue weighted by Gasteiger charge is 2.26. The molecule has 1 aliphatic rings. The van der Waals surface area contributed by atoms with Crippen molar-refractivity contribution in [3.63, 3.8) is 0 Å². The van der Waals surface area contributed by atoms with Crippen molar-refractivity contribution < 1.29 is 23.2 Å². The van der Waals surface area contributed by atoms with Gasteiger partial charge in [-0.2, -0.15) is 0 Å². The van der Waals surface area contributed by atoms with E-state index in [0.29, 0.717) is 18.4 Å². The van der Waals surface area contributed by atoms with Crippen molar-refractivity contribution in [2.75, 3.05) is 26.2 Å². The van der Waals surface area contributed by atoms with Crippen LogP contribution in [-0.4, -0.2) is 53.1 Å². The minimum atomic E-state index is -0.458. The summed E-state index contributed by atoms with van der Waals surface area (Å²) < 4.78 is 15.5. The van der Waals surface area contributed by atoms with Gasteiger partial charge >= 0.3 is 5.97 Å². The van der Waals surface area contributed by atoms with Crippen LogP contribution in [0.1, 0.15) is 38.0 Å². The Morgan fingerprint density at radius 3 is 2.80 bits per heavy atom. The summed E-state index contributed by atoms with van der Waals surface area (Å²) in [6.07, 6.45) is 4.63. The monoisotopic (exact) mass is 347 g/mol. The number of carbonyl (C=O) groups is 2. The molecule has 0 spiro atoms. The van der Waals surface area contributed by atoms with E-state index >= 15 is 0 Å². The number of nitrogens with zero attached hydrogens (tertiary/aromatic N) is 3. The standard InChI is InChI=1S/C17H21N3O5/c1-2-24-15(22)9-14(21)10-20-6-3-12(4-7-20)16-18-19-17(25-16)13-5-8-23-11-13/h5,8,11-12H,2-4,6-7,9-10H2,1H3. The molecular weight excluding hydrogens is 326 g/mol. The highest BCUT2D eigenvalue weighted by atomic mass is 16.5. The van der Waals surface area contributed by atoms with Gasteiger partial charge in [-0.25, -0.2) is 0 Å². The lowest BCUT2D eigenvalue weighted by molar-refractivity contribution is -0.145. The van der Waals surface area contributed by atoms with E-state index in [1.54, 1.807) is 25.5 Å². The highest BCUT2D eigenvalue weighted by Crippen LogP contribution is 2.29. The first-order chi connectivity index (χ1) is 12.2. The fourth-order valence-electron chi connectivity index (χ4n) is 2.92. The number of Topliss-reactive ketones (excluding diaryl/α,β-unsaturated/α-hetero) is 1. The maximum absolute atomic E-state index is 11.9. The molecule has 1 fully saturated rings. The molecule has 0 radical (unpaired) electrons. The lowest BCUT2D eigenvalue weighted by atomic mass is 9.96. The summed E-state index contributed by atoms with van der Waals surface area (Å²) in [5.41, 5.74) is 0.765. The molecule has 0 N–H and O–H groups in total. The van der Waals surface area contributed by atoms with Gasteiger partial charge in [0.15, 0.2) is 5.78 Å². The Balaban J connectivity index is 1.47. The van der Waals surface area contributed by atoms with E-state index in [4.69, 9.17) is 13.6 Å². The van der Waals surface area contributed by atoms with Crippen molar-refractivity contribution in [1.82, 2.24) is 15.1 Å². The summed E-state index contributed by atoms with van der Waals surface area (Å²) in [7, 11) is 0. The van der Waals surface area contributed by atoms with Crippen molar-refractivity contribution >= 4 is 11.8 Å². The van der Waals surface area contributed by atoms with Crippen LogP contribution in [0.25, 0.3) is 11.5 Å². The summed E-state index contributed by atoms with van der Waals surface area (Å²) in [4.78, 5) is 25.3. The summed E-state index contributed by atoms with van der Waals surface area (Å²) in [6.45, 7) is 3.80. The number of esters is 1. The van der Waals surface area contributed by atoms with Crippen LogP contribution in [0.5, 0.6) is 0 Å². The average molecular weight is 347 g/mol. The van der Waals surface area contributed by atoms with Crippen LogP contribution in [0.3, 0.4) is 0 Å². The number of furan rings is 1. The Bertz CT molecular complexity index is 702. The number of hydrogen-bond acceptors (Lipinski definition) is 8. The van der Waals surface area contributed by atoms with Gasteiger partial charge in [-0.05, 0) is 38.9 Å². The number of aromatic nitrogens is 2. The maximum Gasteiger partial charge on any atom is 0.313 e. The molecule has 0 unspecified atom stereocenters. The van der Waals surface area contributed by atoms with Crippen molar-refractivity contribution in [2.45, 2.75) is 32.1 Å². The lowest BCUT2D eigenvalue weighted by Crippen LogP contribution is -2.37. The third kappa shape index (κ3) is 4.54. The Kier molecular flexibility index (Phi) is 5.60. The fraction of sp³-hybridized carbons (Fsp3) is 0.529. The third-order valence-corrected chi connectivity index (χ3v) is 4.19. The summed E-state index contributed by atoms with van der Waals surface area (Å²) >= 11 is 0. The molecule has 3 heterocycles. The SMILES string of the molecule is CCOC(=O)CC(=O)CN1CCC(c2nnc(-c3ccoc3)o2)CC1. The van der Waals surface area contributed by atoms with E-state index in [9.17, 15) is 9.59 Å². The number of carbonyl (C=O) groups excluding carboxylic acids is 2. The third-order valence-electron chi connectivity index (χ3n) is 4.19. The second kappa shape index (κ2) is 8.06. The van der Waals surface area contributed by atoms with Gasteiger partial charge in [-0.3, -0.25) is 14.5 Å². The molecule has 0 amide bonds. The second-order valence-corrected chi connectivity index (χ2v) is 6.03. The predicted octanol–water partition coefficient (Wildman–Crippen LogP) is 2.03. The summed E-state index contributed by atoms with van der Waals surface area (Å²) in [6, 6.07) is 1.77. The van der Waals surface area contributed by atoms with Gasteiger partial charge in [0.1, 0.15) is 12.7 Å². The number of ether oxygens (including phenoxy) is 1. The van der Waals surface area contributed by atoms with Gasteiger partial charge in [0.05, 0.1) is 25.0 Å². The average Bonchev–Trinajstić information content (AvgIpc) is 3.27. The molecule has 8 nitrogen and oxygen atoms in total. The highest BCUT2D eigenvalue weighted by molar-refractivity contribution is 5.96. The van der Waals surface area contributed by atoms with Crippen molar-refractivity contribution in [3.8, 4) is 11.5 Å². The van der Waals surface area contributed by atoms with Crippen LogP contribution in [0, 0.1) is 0 Å². The van der Waals surface area contributed by atoms with E-state index in [2.05, 4.69) is 10.2 Å². The number of hydrogen-bond donors (Lipinski definition) is 0. The summed E-state index contributed by atoms with van der Waals surface area (Å²) in [5, 5.41) is 8.19. The lowest BCUT2D eigenvalue weighted by Gasteiger charge is -2.29. The number of rotatable bonds is 7. The van der Waals surface area contributed by atoms with E-state index in [1.807, 2.05) is 4.90 Å². The molecule has 0 bridgehead atoms. The topological polar surface area (TPSA) is 98.7 Å². The van der Waals surface area contributed by atoms with E-state index in [1.165, 1.54) is 0 Å². The van der Waals surface area contributed by atoms with Gasteiger partial charge in [0.25, 0.3) is 5.89 Å². The Labute approximate surface area is 145 Å². The van der Waals surface area contributed by atoms with Crippen LogP contribution in [0.15, 0.2) is 27.4 Å². The Morgan fingerprint density at radius 2 is 2.12 bits per heavy atom. The molecule has 25 heavy (non-hydrogen) atoms. The zero-order valence-corrected chi connectivity index (χ0v) is 14.1. The first-order valence-corrected chi connectivity index (χ1v) is 8.41. The smallest absolute Gasteiger partial charge is 0.313 e. The van der Waals surface area contributed by atoms with Gasteiger partial charge in [-0.15, -0.1) is 10.2 Å². The van der Waals surface area contributed by atoms with Crippen molar-refractivity contribution in [2.24, 2.45) is 0 Å². The van der Waals surface area contributed by atoms with Crippen LogP contribution in [0.4, 0.5) is 0 Å². The molecule has 0 atom stereocenters. The maximum atomic E-state index is 11.9. The molecule has 1 aliphatic heterocycles. The first kappa shape index (κ1) is 17.3. The molecule has 1 saturated heterocycles. The van der Waals surface area contributed by atoms with Crippen molar-refractivity contribution in [3.05, 3.63) is 24.5 Å². The predicted molar refractivity (Wildman–Crippen MR) is 86.7 cm³/mol. The number of piperidine rings is 1. The molecule has 0 aliphatic carbocycles. The second-order valence-electron chi connectivity index (χ2n) is 6.03. The van der Waals surface area contributed by atoms with Crippen LogP contribution >= 0.6 is 0 Å². The van der Waals surface area contributed by atoms with Crippen LogP contribution in [0.2, 0.25) is 0 Å². The zero-order chi connectivity index (χ0) is 17.6. The molecule has 2 aromatic heterocycles. The molecule has 8 heteroatoms. The van der Waals surface area contributed by atoms with Gasteiger partial charge in [0.2, 0.25) is 5.89 Å².